The monoisotopic (exact) mass is 250 g/mol. The topological polar surface area (TPSA) is 72.9 Å². The number of carbonyl (C=O) groups is 1. The number of rotatable bonds is 3. The average Bonchev–Trinajstić information content (AvgIpc) is 2.71. The Morgan fingerprint density at radius 2 is 2.17 bits per heavy atom. The summed E-state index contributed by atoms with van der Waals surface area (Å²) in [7, 11) is 1.84. The number of nitrogens with zero attached hydrogens (tertiary/aromatic N) is 2. The van der Waals surface area contributed by atoms with E-state index in [1.165, 1.54) is 6.42 Å². The van der Waals surface area contributed by atoms with Crippen LogP contribution in [0.5, 0.6) is 0 Å². The molecule has 1 saturated carbocycles. The van der Waals surface area contributed by atoms with Crippen molar-refractivity contribution in [3.8, 4) is 0 Å². The molecule has 1 aromatic heterocycles. The summed E-state index contributed by atoms with van der Waals surface area (Å²) >= 11 is 0. The molecule has 0 atom stereocenters. The van der Waals surface area contributed by atoms with E-state index >= 15 is 0 Å². The Morgan fingerprint density at radius 1 is 1.50 bits per heavy atom. The third-order valence-electron chi connectivity index (χ3n) is 3.93. The molecular formula is C13H22N4O. The SMILES string of the molecule is Cc1cc(C(=O)NC2(CN)CCCCC2)nn1C. The van der Waals surface area contributed by atoms with Gasteiger partial charge < -0.3 is 11.1 Å². The quantitative estimate of drug-likeness (QED) is 0.844. The highest BCUT2D eigenvalue weighted by Gasteiger charge is 2.32. The van der Waals surface area contributed by atoms with Crippen LogP contribution < -0.4 is 11.1 Å². The molecule has 0 radical (unpaired) electrons. The van der Waals surface area contributed by atoms with E-state index in [9.17, 15) is 4.79 Å². The molecule has 3 N–H and O–H groups in total. The van der Waals surface area contributed by atoms with Crippen LogP contribution in [0.4, 0.5) is 0 Å². The fourth-order valence-corrected chi connectivity index (χ4v) is 2.59. The molecule has 1 amide bonds. The van der Waals surface area contributed by atoms with Crippen molar-refractivity contribution < 1.29 is 4.79 Å². The zero-order valence-corrected chi connectivity index (χ0v) is 11.2. The normalized spacial score (nSPS) is 18.6. The Kier molecular flexibility index (Phi) is 3.71. The molecule has 0 unspecified atom stereocenters. The summed E-state index contributed by atoms with van der Waals surface area (Å²) in [5.74, 6) is -0.106. The maximum Gasteiger partial charge on any atom is 0.272 e. The van der Waals surface area contributed by atoms with Crippen LogP contribution in [0.25, 0.3) is 0 Å². The third-order valence-corrected chi connectivity index (χ3v) is 3.93. The van der Waals surface area contributed by atoms with E-state index in [2.05, 4.69) is 10.4 Å². The Balaban J connectivity index is 2.09. The molecule has 100 valence electrons. The predicted molar refractivity (Wildman–Crippen MR) is 70.3 cm³/mol. The summed E-state index contributed by atoms with van der Waals surface area (Å²) in [4.78, 5) is 12.2. The highest BCUT2D eigenvalue weighted by molar-refractivity contribution is 5.92. The summed E-state index contributed by atoms with van der Waals surface area (Å²) in [6.45, 7) is 2.44. The molecule has 0 saturated heterocycles. The lowest BCUT2D eigenvalue weighted by Crippen LogP contribution is -2.54. The molecule has 5 nitrogen and oxygen atoms in total. The maximum absolute atomic E-state index is 12.2. The molecule has 0 aliphatic heterocycles. The smallest absolute Gasteiger partial charge is 0.272 e. The molecule has 1 aromatic rings. The fraction of sp³-hybridized carbons (Fsp3) is 0.692. The first kappa shape index (κ1) is 13.1. The van der Waals surface area contributed by atoms with Gasteiger partial charge in [-0.3, -0.25) is 9.48 Å². The molecule has 18 heavy (non-hydrogen) atoms. The minimum atomic E-state index is -0.221. The van der Waals surface area contributed by atoms with Crippen LogP contribution in [0.2, 0.25) is 0 Å². The highest BCUT2D eigenvalue weighted by atomic mass is 16.2. The first-order valence-electron chi connectivity index (χ1n) is 6.59. The second-order valence-electron chi connectivity index (χ2n) is 5.29. The molecule has 1 heterocycles. The summed E-state index contributed by atoms with van der Waals surface area (Å²) in [6.07, 6.45) is 5.46. The number of nitrogens with one attached hydrogen (secondary N) is 1. The van der Waals surface area contributed by atoms with Gasteiger partial charge in [0.2, 0.25) is 0 Å². The van der Waals surface area contributed by atoms with Gasteiger partial charge in [-0.15, -0.1) is 0 Å². The van der Waals surface area contributed by atoms with Gasteiger partial charge in [-0.25, -0.2) is 0 Å². The highest BCUT2D eigenvalue weighted by Crippen LogP contribution is 2.27. The van der Waals surface area contributed by atoms with Gasteiger partial charge in [-0.1, -0.05) is 19.3 Å². The van der Waals surface area contributed by atoms with Crippen molar-refractivity contribution in [1.29, 1.82) is 0 Å². The number of nitrogens with two attached hydrogens (primary N) is 1. The molecule has 0 bridgehead atoms. The van der Waals surface area contributed by atoms with Crippen molar-refractivity contribution in [3.05, 3.63) is 17.5 Å². The lowest BCUT2D eigenvalue weighted by molar-refractivity contribution is 0.0868. The molecule has 1 aliphatic rings. The van der Waals surface area contributed by atoms with Crippen LogP contribution in [0.3, 0.4) is 0 Å². The van der Waals surface area contributed by atoms with Gasteiger partial charge in [0.1, 0.15) is 5.69 Å². The number of aryl methyl sites for hydroxylation is 2. The summed E-state index contributed by atoms with van der Waals surface area (Å²) < 4.78 is 1.71. The second kappa shape index (κ2) is 5.10. The fourth-order valence-electron chi connectivity index (χ4n) is 2.59. The van der Waals surface area contributed by atoms with Crippen molar-refractivity contribution in [2.75, 3.05) is 6.54 Å². The largest absolute Gasteiger partial charge is 0.344 e. The van der Waals surface area contributed by atoms with Gasteiger partial charge in [0.25, 0.3) is 5.91 Å². The molecule has 5 heteroatoms. The summed E-state index contributed by atoms with van der Waals surface area (Å²) in [5.41, 5.74) is 7.10. The summed E-state index contributed by atoms with van der Waals surface area (Å²) in [6, 6.07) is 1.81. The Labute approximate surface area is 108 Å². The Bertz CT molecular complexity index is 413. The van der Waals surface area contributed by atoms with Crippen LogP contribution >= 0.6 is 0 Å². The van der Waals surface area contributed by atoms with Crippen molar-refractivity contribution >= 4 is 5.91 Å². The number of aromatic nitrogens is 2. The van der Waals surface area contributed by atoms with Crippen LogP contribution in [-0.4, -0.2) is 27.8 Å². The van der Waals surface area contributed by atoms with Gasteiger partial charge in [-0.05, 0) is 25.8 Å². The Morgan fingerprint density at radius 3 is 2.67 bits per heavy atom. The number of carbonyl (C=O) groups excluding carboxylic acids is 1. The number of hydrogen-bond donors (Lipinski definition) is 2. The lowest BCUT2D eigenvalue weighted by atomic mass is 9.81. The van der Waals surface area contributed by atoms with E-state index < -0.39 is 0 Å². The number of hydrogen-bond acceptors (Lipinski definition) is 3. The van der Waals surface area contributed by atoms with Crippen molar-refractivity contribution in [2.24, 2.45) is 12.8 Å². The van der Waals surface area contributed by atoms with Crippen molar-refractivity contribution in [2.45, 2.75) is 44.6 Å². The molecule has 0 spiro atoms. The molecule has 0 aromatic carbocycles. The summed E-state index contributed by atoms with van der Waals surface area (Å²) in [5, 5.41) is 7.30. The van der Waals surface area contributed by atoms with Crippen LogP contribution in [0.1, 0.15) is 48.3 Å². The molecule has 1 aliphatic carbocycles. The lowest BCUT2D eigenvalue weighted by Gasteiger charge is -2.36. The van der Waals surface area contributed by atoms with E-state index in [-0.39, 0.29) is 11.4 Å². The molecular weight excluding hydrogens is 228 g/mol. The second-order valence-corrected chi connectivity index (χ2v) is 5.29. The maximum atomic E-state index is 12.2. The van der Waals surface area contributed by atoms with Crippen molar-refractivity contribution in [3.63, 3.8) is 0 Å². The minimum absolute atomic E-state index is 0.106. The van der Waals surface area contributed by atoms with E-state index in [1.54, 1.807) is 4.68 Å². The predicted octanol–water partition coefficient (Wildman–Crippen LogP) is 1.12. The zero-order chi connectivity index (χ0) is 13.2. The minimum Gasteiger partial charge on any atom is -0.344 e. The van der Waals surface area contributed by atoms with E-state index in [0.717, 1.165) is 31.4 Å². The van der Waals surface area contributed by atoms with Crippen LogP contribution in [-0.2, 0) is 7.05 Å². The first-order valence-corrected chi connectivity index (χ1v) is 6.59. The van der Waals surface area contributed by atoms with Gasteiger partial charge in [0, 0.05) is 19.3 Å². The first-order chi connectivity index (χ1) is 8.56. The van der Waals surface area contributed by atoms with Gasteiger partial charge in [0.15, 0.2) is 0 Å². The van der Waals surface area contributed by atoms with E-state index in [4.69, 9.17) is 5.73 Å². The van der Waals surface area contributed by atoms with Crippen LogP contribution in [0.15, 0.2) is 6.07 Å². The van der Waals surface area contributed by atoms with Crippen LogP contribution in [0, 0.1) is 6.92 Å². The Hall–Kier alpha value is -1.36. The zero-order valence-electron chi connectivity index (χ0n) is 11.2. The average molecular weight is 250 g/mol. The standard InChI is InChI=1S/C13H22N4O/c1-10-8-11(16-17(10)2)12(18)15-13(9-14)6-4-3-5-7-13/h8H,3-7,9,14H2,1-2H3,(H,15,18). The molecule has 2 rings (SSSR count). The van der Waals surface area contributed by atoms with Gasteiger partial charge in [-0.2, -0.15) is 5.10 Å². The van der Waals surface area contributed by atoms with E-state index in [0.29, 0.717) is 12.2 Å². The van der Waals surface area contributed by atoms with Crippen molar-refractivity contribution in [1.82, 2.24) is 15.1 Å². The number of amides is 1. The van der Waals surface area contributed by atoms with Gasteiger partial charge in [0.05, 0.1) is 5.54 Å². The van der Waals surface area contributed by atoms with Gasteiger partial charge >= 0.3 is 0 Å². The van der Waals surface area contributed by atoms with E-state index in [1.807, 2.05) is 20.0 Å². The molecule has 1 fully saturated rings. The third kappa shape index (κ3) is 2.56.